The van der Waals surface area contributed by atoms with E-state index in [2.05, 4.69) is 9.36 Å². The first-order valence-corrected chi connectivity index (χ1v) is 7.08. The highest BCUT2D eigenvalue weighted by molar-refractivity contribution is 7.07. The third-order valence-electron chi connectivity index (χ3n) is 3.14. The lowest BCUT2D eigenvalue weighted by Crippen LogP contribution is -1.92. The van der Waals surface area contributed by atoms with Crippen molar-refractivity contribution in [2.45, 2.75) is 32.6 Å². The molecule has 1 aliphatic carbocycles. The molecule has 2 aromatic rings. The van der Waals surface area contributed by atoms with Crippen molar-refractivity contribution >= 4 is 17.3 Å². The Morgan fingerprint density at radius 1 is 1.32 bits per heavy atom. The molecule has 5 heteroatoms. The topological polar surface area (TPSA) is 52.1 Å². The molecule has 1 aromatic carbocycles. The molecule has 0 N–H and O–H groups in total. The van der Waals surface area contributed by atoms with Gasteiger partial charge in [0.15, 0.2) is 5.78 Å². The van der Waals surface area contributed by atoms with Gasteiger partial charge in [0.2, 0.25) is 0 Å². The summed E-state index contributed by atoms with van der Waals surface area (Å²) >= 11 is 1.26. The fourth-order valence-corrected chi connectivity index (χ4v) is 2.78. The quantitative estimate of drug-likeness (QED) is 0.858. The van der Waals surface area contributed by atoms with Gasteiger partial charge in [0.05, 0.1) is 0 Å². The predicted octanol–water partition coefficient (Wildman–Crippen LogP) is 3.58. The molecule has 0 atom stereocenters. The van der Waals surface area contributed by atoms with E-state index in [-0.39, 0.29) is 5.78 Å². The largest absolute Gasteiger partial charge is 0.430 e. The molecule has 0 saturated heterocycles. The van der Waals surface area contributed by atoms with Crippen LogP contribution in [-0.4, -0.2) is 15.1 Å². The van der Waals surface area contributed by atoms with Crippen molar-refractivity contribution < 1.29 is 9.53 Å². The van der Waals surface area contributed by atoms with Crippen molar-refractivity contribution in [3.8, 4) is 10.9 Å². The van der Waals surface area contributed by atoms with Crippen LogP contribution in [0, 0.1) is 0 Å². The van der Waals surface area contributed by atoms with Crippen molar-refractivity contribution in [1.29, 1.82) is 0 Å². The summed E-state index contributed by atoms with van der Waals surface area (Å²) in [6, 6.07) is 5.58. The van der Waals surface area contributed by atoms with Crippen LogP contribution in [0.25, 0.3) is 0 Å². The van der Waals surface area contributed by atoms with Crippen LogP contribution in [0.2, 0.25) is 0 Å². The number of benzene rings is 1. The number of aryl methyl sites for hydroxylation is 1. The van der Waals surface area contributed by atoms with E-state index in [1.165, 1.54) is 11.5 Å². The van der Waals surface area contributed by atoms with Crippen molar-refractivity contribution in [1.82, 2.24) is 9.36 Å². The molecule has 0 bridgehead atoms. The van der Waals surface area contributed by atoms with Crippen LogP contribution >= 0.6 is 11.5 Å². The maximum atomic E-state index is 11.6. The highest BCUT2D eigenvalue weighted by Gasteiger charge is 2.20. The smallest absolute Gasteiger partial charge is 0.298 e. The fraction of sp³-hybridized carbons (Fsp3) is 0.357. The van der Waals surface area contributed by atoms with E-state index in [0.29, 0.717) is 17.5 Å². The number of fused-ring (bicyclic) bond motifs is 1. The van der Waals surface area contributed by atoms with E-state index < -0.39 is 0 Å². The highest BCUT2D eigenvalue weighted by Crippen LogP contribution is 2.30. The van der Waals surface area contributed by atoms with Gasteiger partial charge in [0, 0.05) is 29.4 Å². The Morgan fingerprint density at radius 2 is 2.16 bits per heavy atom. The first kappa shape index (κ1) is 12.3. The maximum Gasteiger partial charge on any atom is 0.298 e. The van der Waals surface area contributed by atoms with E-state index in [1.54, 1.807) is 0 Å². The van der Waals surface area contributed by atoms with Gasteiger partial charge < -0.3 is 4.74 Å². The summed E-state index contributed by atoms with van der Waals surface area (Å²) in [4.78, 5) is 15.9. The minimum atomic E-state index is 0.222. The molecular weight excluding hydrogens is 260 g/mol. The van der Waals surface area contributed by atoms with Crippen LogP contribution in [0.15, 0.2) is 18.2 Å². The molecule has 19 heavy (non-hydrogen) atoms. The number of nitrogens with zero attached hydrogens (tertiary/aromatic N) is 2. The first-order chi connectivity index (χ1) is 9.13. The van der Waals surface area contributed by atoms with Crippen LogP contribution in [0.5, 0.6) is 10.9 Å². The van der Waals surface area contributed by atoms with Crippen molar-refractivity contribution in [3.63, 3.8) is 0 Å². The lowest BCUT2D eigenvalue weighted by atomic mass is 10.1. The average Bonchev–Trinajstić information content (AvgIpc) is 2.97. The highest BCUT2D eigenvalue weighted by atomic mass is 32.1. The maximum absolute atomic E-state index is 11.6. The first-order valence-electron chi connectivity index (χ1n) is 6.31. The minimum absolute atomic E-state index is 0.222. The van der Waals surface area contributed by atoms with Gasteiger partial charge >= 0.3 is 0 Å². The summed E-state index contributed by atoms with van der Waals surface area (Å²) in [7, 11) is 0. The molecule has 0 radical (unpaired) electrons. The third kappa shape index (κ3) is 2.38. The second kappa shape index (κ2) is 4.74. The Hall–Kier alpha value is -1.75. The van der Waals surface area contributed by atoms with Crippen molar-refractivity contribution in [2.24, 2.45) is 0 Å². The zero-order valence-corrected chi connectivity index (χ0v) is 11.7. The standard InChI is InChI=1S/C14H14N2O2S/c1-8(2)13-15-14(19-16-13)18-10-4-5-11-9(7-10)3-6-12(11)17/h4-5,7-8H,3,6H2,1-2H3. The lowest BCUT2D eigenvalue weighted by Gasteiger charge is -2.03. The monoisotopic (exact) mass is 274 g/mol. The summed E-state index contributed by atoms with van der Waals surface area (Å²) in [6.07, 6.45) is 1.41. The van der Waals surface area contributed by atoms with Gasteiger partial charge in [0.1, 0.15) is 11.6 Å². The number of rotatable bonds is 3. The van der Waals surface area contributed by atoms with Gasteiger partial charge in [-0.15, -0.1) is 0 Å². The van der Waals surface area contributed by atoms with E-state index in [1.807, 2.05) is 32.0 Å². The van der Waals surface area contributed by atoms with E-state index >= 15 is 0 Å². The van der Waals surface area contributed by atoms with E-state index in [4.69, 9.17) is 4.74 Å². The number of carbonyl (C=O) groups excluding carboxylic acids is 1. The number of carbonyl (C=O) groups is 1. The molecule has 3 rings (SSSR count). The van der Waals surface area contributed by atoms with Gasteiger partial charge in [-0.05, 0) is 30.2 Å². The summed E-state index contributed by atoms with van der Waals surface area (Å²) in [5.74, 6) is 2.04. The Bertz CT molecular complexity index is 634. The predicted molar refractivity (Wildman–Crippen MR) is 73.2 cm³/mol. The molecule has 0 unspecified atom stereocenters. The number of ether oxygens (including phenoxy) is 1. The average molecular weight is 274 g/mol. The van der Waals surface area contributed by atoms with Crippen LogP contribution < -0.4 is 4.74 Å². The molecule has 1 aliphatic rings. The molecular formula is C14H14N2O2S. The second-order valence-corrected chi connectivity index (χ2v) is 5.63. The summed E-state index contributed by atoms with van der Waals surface area (Å²) in [5, 5.41) is 0.549. The lowest BCUT2D eigenvalue weighted by molar-refractivity contribution is 0.0994. The SMILES string of the molecule is CC(C)c1nsc(Oc2ccc3c(c2)CCC3=O)n1. The van der Waals surface area contributed by atoms with E-state index in [0.717, 1.165) is 29.1 Å². The van der Waals surface area contributed by atoms with Crippen LogP contribution in [0.4, 0.5) is 0 Å². The third-order valence-corrected chi connectivity index (χ3v) is 3.75. The number of hydrogen-bond donors (Lipinski definition) is 0. The molecule has 0 saturated carbocycles. The zero-order valence-electron chi connectivity index (χ0n) is 10.8. The Kier molecular flexibility index (Phi) is 3.06. The van der Waals surface area contributed by atoms with Gasteiger partial charge in [-0.3, -0.25) is 4.79 Å². The van der Waals surface area contributed by atoms with Gasteiger partial charge in [-0.25, -0.2) is 0 Å². The van der Waals surface area contributed by atoms with Crippen LogP contribution in [0.3, 0.4) is 0 Å². The summed E-state index contributed by atoms with van der Waals surface area (Å²) in [5.41, 5.74) is 1.89. The number of Topliss-reactive ketones (excluding diaryl/α,β-unsaturated/α-hetero) is 1. The van der Waals surface area contributed by atoms with E-state index in [9.17, 15) is 4.79 Å². The molecule has 1 heterocycles. The number of hydrogen-bond acceptors (Lipinski definition) is 5. The number of ketones is 1. The van der Waals surface area contributed by atoms with Crippen molar-refractivity contribution in [3.05, 3.63) is 35.2 Å². The zero-order chi connectivity index (χ0) is 13.4. The molecule has 0 fully saturated rings. The Morgan fingerprint density at radius 3 is 2.89 bits per heavy atom. The molecule has 0 amide bonds. The Balaban J connectivity index is 1.81. The van der Waals surface area contributed by atoms with Crippen LogP contribution in [0.1, 0.15) is 47.9 Å². The van der Waals surface area contributed by atoms with Gasteiger partial charge in [-0.2, -0.15) is 9.36 Å². The number of aromatic nitrogens is 2. The van der Waals surface area contributed by atoms with Crippen LogP contribution in [-0.2, 0) is 6.42 Å². The molecule has 0 aliphatic heterocycles. The van der Waals surface area contributed by atoms with Crippen molar-refractivity contribution in [2.75, 3.05) is 0 Å². The Labute approximate surface area is 115 Å². The fourth-order valence-electron chi connectivity index (χ4n) is 2.09. The normalized spacial score (nSPS) is 13.9. The molecule has 98 valence electrons. The molecule has 4 nitrogen and oxygen atoms in total. The second-order valence-electron chi connectivity index (χ2n) is 4.92. The summed E-state index contributed by atoms with van der Waals surface area (Å²) < 4.78 is 9.95. The molecule has 1 aromatic heterocycles. The molecule has 0 spiro atoms. The van der Waals surface area contributed by atoms with Gasteiger partial charge in [0.25, 0.3) is 5.19 Å². The minimum Gasteiger partial charge on any atom is -0.430 e. The van der Waals surface area contributed by atoms with Gasteiger partial charge in [-0.1, -0.05) is 13.8 Å². The summed E-state index contributed by atoms with van der Waals surface area (Å²) in [6.45, 7) is 4.10.